The maximum absolute atomic E-state index is 13.1. The van der Waals surface area contributed by atoms with E-state index in [-0.39, 0.29) is 25.7 Å². The van der Waals surface area contributed by atoms with Gasteiger partial charge >= 0.3 is 39.5 Å². The lowest BCUT2D eigenvalue weighted by atomic mass is 9.99. The minimum atomic E-state index is -4.96. The van der Waals surface area contributed by atoms with Gasteiger partial charge in [-0.3, -0.25) is 37.3 Å². The molecule has 0 aromatic carbocycles. The molecule has 5 unspecified atom stereocenters. The van der Waals surface area contributed by atoms with Crippen LogP contribution < -0.4 is 0 Å². The van der Waals surface area contributed by atoms with Gasteiger partial charge in [-0.15, -0.1) is 0 Å². The molecule has 0 aliphatic rings. The zero-order valence-corrected chi connectivity index (χ0v) is 66.8. The topological polar surface area (TPSA) is 237 Å². The van der Waals surface area contributed by atoms with Crippen LogP contribution in [0.2, 0.25) is 0 Å². The zero-order chi connectivity index (χ0) is 73.0. The van der Waals surface area contributed by atoms with Crippen LogP contribution in [0.15, 0.2) is 0 Å². The third-order valence-electron chi connectivity index (χ3n) is 19.7. The smallest absolute Gasteiger partial charge is 0.462 e. The van der Waals surface area contributed by atoms with Gasteiger partial charge in [0.1, 0.15) is 19.3 Å². The summed E-state index contributed by atoms with van der Waals surface area (Å²) < 4.78 is 68.5. The van der Waals surface area contributed by atoms with Gasteiger partial charge in [-0.05, 0) is 43.4 Å². The number of unbranched alkanes of at least 4 members (excludes halogenated alkanes) is 43. The molecule has 0 spiro atoms. The molecule has 0 heterocycles. The molecule has 0 bridgehead atoms. The first kappa shape index (κ1) is 97.1. The van der Waals surface area contributed by atoms with Gasteiger partial charge in [0.2, 0.25) is 0 Å². The number of hydrogen-bond acceptors (Lipinski definition) is 15. The van der Waals surface area contributed by atoms with Crippen molar-refractivity contribution in [3.8, 4) is 0 Å². The van der Waals surface area contributed by atoms with Crippen molar-refractivity contribution < 1.29 is 80.2 Å². The van der Waals surface area contributed by atoms with E-state index in [2.05, 4.69) is 48.5 Å². The lowest BCUT2D eigenvalue weighted by Crippen LogP contribution is -2.30. The number of esters is 4. The summed E-state index contributed by atoms with van der Waals surface area (Å²) in [5.41, 5.74) is 0. The maximum atomic E-state index is 13.1. The number of carbonyl (C=O) groups excluding carboxylic acids is 4. The summed E-state index contributed by atoms with van der Waals surface area (Å²) >= 11 is 0. The standard InChI is InChI=1S/C80H156O17P2/c1-8-12-13-44-54-61-77(82)90-67-75(96-79(84)63-56-49-42-36-30-24-18-15-21-27-33-39-46-52-59-72(6)10-3)69-94-98(86,87)92-65-74(81)66-93-99(88,89)95-70-76(97-80(85)64-57-50-43-37-31-25-19-16-22-28-34-40-47-53-60-73(7)11-4)68-91-78(83)62-55-48-41-35-29-23-17-14-20-26-32-38-45-51-58-71(5)9-2/h71-76,81H,8-70H2,1-7H3,(H,86,87)(H,88,89)/t71?,72?,73?,74-,75+,76+/m0/s1. The Morgan fingerprint density at radius 2 is 0.485 bits per heavy atom. The number of hydrogen-bond donors (Lipinski definition) is 3. The fourth-order valence-electron chi connectivity index (χ4n) is 12.2. The van der Waals surface area contributed by atoms with Gasteiger partial charge in [-0.1, -0.05) is 363 Å². The number of carbonyl (C=O) groups is 4. The SMILES string of the molecule is CCCCCCCC(=O)OC[C@H](COP(=O)(O)OC[C@H](O)COP(=O)(O)OC[C@@H](COC(=O)CCCCCCCCCCCCCCCCC(C)CC)OC(=O)CCCCCCCCCCCCCCCCC(C)CC)OC(=O)CCCCCCCCCCCCCCCCC(C)CC. The largest absolute Gasteiger partial charge is 0.472 e. The zero-order valence-electron chi connectivity index (χ0n) is 65.0. The van der Waals surface area contributed by atoms with Gasteiger partial charge in [-0.25, -0.2) is 9.13 Å². The summed E-state index contributed by atoms with van der Waals surface area (Å²) in [7, 11) is -9.91. The highest BCUT2D eigenvalue weighted by Crippen LogP contribution is 2.45. The average molecular weight is 1450 g/mol. The van der Waals surface area contributed by atoms with E-state index in [9.17, 15) is 43.2 Å². The van der Waals surface area contributed by atoms with Gasteiger partial charge < -0.3 is 33.8 Å². The van der Waals surface area contributed by atoms with E-state index in [0.29, 0.717) is 25.7 Å². The Morgan fingerprint density at radius 3 is 0.717 bits per heavy atom. The fourth-order valence-corrected chi connectivity index (χ4v) is 13.8. The normalized spacial score (nSPS) is 14.8. The van der Waals surface area contributed by atoms with Crippen LogP contribution in [-0.2, 0) is 65.4 Å². The molecule has 0 amide bonds. The Bertz CT molecular complexity index is 1930. The van der Waals surface area contributed by atoms with E-state index in [4.69, 9.17) is 37.0 Å². The molecular formula is C80H156O17P2. The molecule has 0 saturated carbocycles. The quantitative estimate of drug-likeness (QED) is 0.0222. The van der Waals surface area contributed by atoms with Crippen molar-refractivity contribution >= 4 is 39.5 Å². The molecule has 0 aromatic rings. The second-order valence-electron chi connectivity index (χ2n) is 29.5. The van der Waals surface area contributed by atoms with Crippen LogP contribution in [0.1, 0.15) is 414 Å². The van der Waals surface area contributed by atoms with E-state index in [1.165, 1.54) is 218 Å². The van der Waals surface area contributed by atoms with Gasteiger partial charge in [0.05, 0.1) is 26.4 Å². The molecule has 17 nitrogen and oxygen atoms in total. The van der Waals surface area contributed by atoms with Crippen molar-refractivity contribution in [2.75, 3.05) is 39.6 Å². The summed E-state index contributed by atoms with van der Waals surface area (Å²) in [6, 6.07) is 0. The minimum absolute atomic E-state index is 0.107. The molecule has 0 aliphatic carbocycles. The van der Waals surface area contributed by atoms with Gasteiger partial charge in [0.25, 0.3) is 0 Å². The van der Waals surface area contributed by atoms with Crippen LogP contribution >= 0.6 is 15.6 Å². The number of rotatable bonds is 78. The lowest BCUT2D eigenvalue weighted by Gasteiger charge is -2.21. The van der Waals surface area contributed by atoms with Crippen LogP contribution in [-0.4, -0.2) is 96.7 Å². The Labute approximate surface area is 607 Å². The second kappa shape index (κ2) is 70.4. The van der Waals surface area contributed by atoms with Crippen LogP contribution in [0.4, 0.5) is 0 Å². The highest BCUT2D eigenvalue weighted by molar-refractivity contribution is 7.47. The molecule has 0 radical (unpaired) electrons. The van der Waals surface area contributed by atoms with E-state index in [1.807, 2.05) is 0 Å². The van der Waals surface area contributed by atoms with E-state index in [0.717, 1.165) is 114 Å². The van der Waals surface area contributed by atoms with Gasteiger partial charge in [-0.2, -0.15) is 0 Å². The third kappa shape index (κ3) is 70.2. The molecule has 3 N–H and O–H groups in total. The highest BCUT2D eigenvalue weighted by atomic mass is 31.2. The summed E-state index contributed by atoms with van der Waals surface area (Å²) in [5.74, 6) is 0.419. The predicted octanol–water partition coefficient (Wildman–Crippen LogP) is 23.7. The van der Waals surface area contributed by atoms with Crippen LogP contribution in [0, 0.1) is 17.8 Å². The Kier molecular flexibility index (Phi) is 69.0. The van der Waals surface area contributed by atoms with Crippen LogP contribution in [0.3, 0.4) is 0 Å². The third-order valence-corrected chi connectivity index (χ3v) is 21.6. The first-order valence-corrected chi connectivity index (χ1v) is 44.5. The average Bonchev–Trinajstić information content (AvgIpc) is 1.02. The van der Waals surface area contributed by atoms with E-state index in [1.54, 1.807) is 0 Å². The monoisotopic (exact) mass is 1450 g/mol. The molecule has 588 valence electrons. The van der Waals surface area contributed by atoms with Crippen molar-refractivity contribution in [3.63, 3.8) is 0 Å². The number of phosphoric acid groups is 2. The number of aliphatic hydroxyl groups excluding tert-OH is 1. The van der Waals surface area contributed by atoms with Gasteiger partial charge in [0, 0.05) is 25.7 Å². The molecule has 0 saturated heterocycles. The molecule has 0 rings (SSSR count). The minimum Gasteiger partial charge on any atom is -0.462 e. The first-order chi connectivity index (χ1) is 47.8. The molecule has 19 heteroatoms. The first-order valence-electron chi connectivity index (χ1n) is 41.5. The molecule has 0 aromatic heterocycles. The van der Waals surface area contributed by atoms with E-state index >= 15 is 0 Å². The number of phosphoric ester groups is 2. The Balaban J connectivity index is 5.13. The maximum Gasteiger partial charge on any atom is 0.472 e. The summed E-state index contributed by atoms with van der Waals surface area (Å²) in [4.78, 5) is 72.7. The second-order valence-corrected chi connectivity index (χ2v) is 32.4. The van der Waals surface area contributed by atoms with Crippen LogP contribution in [0.25, 0.3) is 0 Å². The Hall–Kier alpha value is -1.94. The molecular weight excluding hydrogens is 1290 g/mol. The molecule has 99 heavy (non-hydrogen) atoms. The van der Waals surface area contributed by atoms with Crippen molar-refractivity contribution in [1.29, 1.82) is 0 Å². The Morgan fingerprint density at radius 1 is 0.283 bits per heavy atom. The van der Waals surface area contributed by atoms with Crippen molar-refractivity contribution in [2.24, 2.45) is 17.8 Å². The summed E-state index contributed by atoms with van der Waals surface area (Å²) in [6.45, 7) is 12.0. The van der Waals surface area contributed by atoms with Crippen molar-refractivity contribution in [3.05, 3.63) is 0 Å². The fraction of sp³-hybridized carbons (Fsp3) is 0.950. The number of ether oxygens (including phenoxy) is 4. The number of aliphatic hydroxyl groups is 1. The van der Waals surface area contributed by atoms with E-state index < -0.39 is 97.5 Å². The predicted molar refractivity (Wildman–Crippen MR) is 405 cm³/mol. The summed E-state index contributed by atoms with van der Waals surface area (Å²) in [5, 5.41) is 10.6. The molecule has 0 aliphatic heterocycles. The molecule has 8 atom stereocenters. The van der Waals surface area contributed by atoms with Crippen molar-refractivity contribution in [2.45, 2.75) is 433 Å². The lowest BCUT2D eigenvalue weighted by molar-refractivity contribution is -0.161. The van der Waals surface area contributed by atoms with Gasteiger partial charge in [0.15, 0.2) is 12.2 Å². The van der Waals surface area contributed by atoms with Crippen molar-refractivity contribution in [1.82, 2.24) is 0 Å². The molecule has 0 fully saturated rings. The van der Waals surface area contributed by atoms with Crippen LogP contribution in [0.5, 0.6) is 0 Å². The highest BCUT2D eigenvalue weighted by Gasteiger charge is 2.30. The summed E-state index contributed by atoms with van der Waals surface area (Å²) in [6.07, 6.45) is 58.5.